The number of hydrogen-bond acceptors (Lipinski definition) is 5. The van der Waals surface area contributed by atoms with E-state index in [0.29, 0.717) is 17.7 Å². The number of carbonyl (C=O) groups excluding carboxylic acids is 4. The second-order valence-electron chi connectivity index (χ2n) is 9.18. The number of imide groups is 1. The SMILES string of the molecule is Cc1ccc2c(c1C)NC(=O)[C@@]21N[C@@H](CC(N)=O)[C@H]2C(=O)N(CCc3ccccc3)C(=O)[C@H]21. The summed E-state index contributed by atoms with van der Waals surface area (Å²) in [5, 5.41) is 6.16. The number of benzene rings is 2. The molecule has 3 heterocycles. The van der Waals surface area contributed by atoms with Gasteiger partial charge in [-0.3, -0.25) is 29.4 Å². The summed E-state index contributed by atoms with van der Waals surface area (Å²) in [6.45, 7) is 4.08. The number of amides is 4. The minimum absolute atomic E-state index is 0.137. The number of hydrogen-bond donors (Lipinski definition) is 3. The first-order chi connectivity index (χ1) is 15.8. The van der Waals surface area contributed by atoms with Crippen LogP contribution in [0.1, 0.15) is 28.7 Å². The number of nitrogens with one attached hydrogen (secondary N) is 2. The number of carbonyl (C=O) groups is 4. The molecule has 170 valence electrons. The Balaban J connectivity index is 1.56. The molecule has 8 nitrogen and oxygen atoms in total. The number of likely N-dealkylation sites (tertiary alicyclic amines) is 1. The molecule has 8 heteroatoms. The standard InChI is InChI=1S/C25H26N4O4/c1-13-8-9-16-21(14(13)2)27-24(33)25(16)20-19(17(28-25)12-18(26)30)22(31)29(23(20)32)11-10-15-6-4-3-5-7-15/h3-9,17,19-20,28H,10-12H2,1-2H3,(H2,26,30)(H,27,33)/t17-,19+,20-,25+/m0/s1. The van der Waals surface area contributed by atoms with Crippen LogP contribution in [0.15, 0.2) is 42.5 Å². The summed E-state index contributed by atoms with van der Waals surface area (Å²) in [6, 6.07) is 12.6. The van der Waals surface area contributed by atoms with Crippen LogP contribution in [0, 0.1) is 25.7 Å². The van der Waals surface area contributed by atoms with Gasteiger partial charge in [0.15, 0.2) is 0 Å². The summed E-state index contributed by atoms with van der Waals surface area (Å²) >= 11 is 0. The van der Waals surface area contributed by atoms with E-state index >= 15 is 0 Å². The van der Waals surface area contributed by atoms with E-state index in [1.807, 2.05) is 56.3 Å². The van der Waals surface area contributed by atoms with Crippen LogP contribution >= 0.6 is 0 Å². The Hall–Kier alpha value is -3.52. The van der Waals surface area contributed by atoms with Crippen LogP contribution in [0.25, 0.3) is 0 Å². The van der Waals surface area contributed by atoms with Gasteiger partial charge < -0.3 is 11.1 Å². The molecule has 2 aromatic rings. The first-order valence-electron chi connectivity index (χ1n) is 11.1. The topological polar surface area (TPSA) is 122 Å². The minimum Gasteiger partial charge on any atom is -0.370 e. The minimum atomic E-state index is -1.41. The molecule has 2 fully saturated rings. The fraction of sp³-hybridized carbons (Fsp3) is 0.360. The number of anilines is 1. The van der Waals surface area contributed by atoms with Crippen molar-refractivity contribution >= 4 is 29.3 Å². The number of primary amides is 1. The van der Waals surface area contributed by atoms with Crippen LogP contribution in [0.3, 0.4) is 0 Å². The predicted molar refractivity (Wildman–Crippen MR) is 121 cm³/mol. The van der Waals surface area contributed by atoms with E-state index < -0.39 is 29.3 Å². The van der Waals surface area contributed by atoms with E-state index in [9.17, 15) is 19.2 Å². The van der Waals surface area contributed by atoms with Crippen molar-refractivity contribution < 1.29 is 19.2 Å². The third kappa shape index (κ3) is 3.01. The van der Waals surface area contributed by atoms with E-state index in [1.54, 1.807) is 0 Å². The van der Waals surface area contributed by atoms with E-state index in [4.69, 9.17) is 5.73 Å². The van der Waals surface area contributed by atoms with Crippen molar-refractivity contribution in [2.24, 2.45) is 17.6 Å². The molecule has 0 radical (unpaired) electrons. The molecule has 4 amide bonds. The van der Waals surface area contributed by atoms with Crippen LogP contribution in [0.2, 0.25) is 0 Å². The molecule has 33 heavy (non-hydrogen) atoms. The third-order valence-electron chi connectivity index (χ3n) is 7.40. The lowest BCUT2D eigenvalue weighted by Crippen LogP contribution is -2.53. The lowest BCUT2D eigenvalue weighted by molar-refractivity contribution is -0.142. The Morgan fingerprint density at radius 2 is 1.79 bits per heavy atom. The molecule has 0 aromatic heterocycles. The molecule has 3 aliphatic heterocycles. The quantitative estimate of drug-likeness (QED) is 0.595. The van der Waals surface area contributed by atoms with E-state index in [2.05, 4.69) is 10.6 Å². The first kappa shape index (κ1) is 21.3. The van der Waals surface area contributed by atoms with Crippen LogP contribution in [0.4, 0.5) is 5.69 Å². The monoisotopic (exact) mass is 446 g/mol. The molecule has 4 N–H and O–H groups in total. The van der Waals surface area contributed by atoms with Crippen LogP contribution in [-0.4, -0.2) is 41.1 Å². The van der Waals surface area contributed by atoms with Crippen LogP contribution in [-0.2, 0) is 31.1 Å². The number of rotatable bonds is 5. The average Bonchev–Trinajstić information content (AvgIpc) is 3.35. The molecule has 0 bridgehead atoms. The molecule has 0 aliphatic carbocycles. The number of fused-ring (bicyclic) bond motifs is 4. The predicted octanol–water partition coefficient (Wildman–Crippen LogP) is 1.14. The van der Waals surface area contributed by atoms with Crippen LogP contribution in [0.5, 0.6) is 0 Å². The van der Waals surface area contributed by atoms with E-state index in [1.165, 1.54) is 4.90 Å². The smallest absolute Gasteiger partial charge is 0.250 e. The van der Waals surface area contributed by atoms with Gasteiger partial charge in [0.25, 0.3) is 0 Å². The fourth-order valence-corrected chi connectivity index (χ4v) is 5.68. The molecular formula is C25H26N4O4. The van der Waals surface area contributed by atoms with Gasteiger partial charge in [-0.15, -0.1) is 0 Å². The highest BCUT2D eigenvalue weighted by atomic mass is 16.2. The molecular weight excluding hydrogens is 420 g/mol. The lowest BCUT2D eigenvalue weighted by Gasteiger charge is -2.29. The summed E-state index contributed by atoms with van der Waals surface area (Å²) < 4.78 is 0. The first-order valence-corrected chi connectivity index (χ1v) is 11.1. The zero-order valence-corrected chi connectivity index (χ0v) is 18.6. The summed E-state index contributed by atoms with van der Waals surface area (Å²) in [6.07, 6.45) is 0.377. The van der Waals surface area contributed by atoms with Crippen molar-refractivity contribution in [1.82, 2.24) is 10.2 Å². The van der Waals surface area contributed by atoms with Crippen molar-refractivity contribution in [3.05, 3.63) is 64.7 Å². The maximum Gasteiger partial charge on any atom is 0.250 e. The Labute approximate surface area is 191 Å². The highest BCUT2D eigenvalue weighted by Crippen LogP contribution is 2.54. The Kier molecular flexibility index (Phi) is 4.86. The summed E-state index contributed by atoms with van der Waals surface area (Å²) in [7, 11) is 0. The molecule has 5 rings (SSSR count). The second kappa shape index (κ2) is 7.52. The largest absolute Gasteiger partial charge is 0.370 e. The van der Waals surface area contributed by atoms with Crippen molar-refractivity contribution in [2.75, 3.05) is 11.9 Å². The highest BCUT2D eigenvalue weighted by molar-refractivity contribution is 6.15. The maximum atomic E-state index is 13.7. The molecule has 2 saturated heterocycles. The second-order valence-corrected chi connectivity index (χ2v) is 9.18. The summed E-state index contributed by atoms with van der Waals surface area (Å²) in [5.41, 5.74) is 8.29. The number of nitrogens with two attached hydrogens (primary N) is 1. The van der Waals surface area contributed by atoms with Crippen molar-refractivity contribution in [3.63, 3.8) is 0 Å². The summed E-state index contributed by atoms with van der Waals surface area (Å²) in [4.78, 5) is 53.7. The Morgan fingerprint density at radius 1 is 1.06 bits per heavy atom. The van der Waals surface area contributed by atoms with Gasteiger partial charge in [-0.25, -0.2) is 0 Å². The van der Waals surface area contributed by atoms with Crippen molar-refractivity contribution in [1.29, 1.82) is 0 Å². The molecule has 0 saturated carbocycles. The van der Waals surface area contributed by atoms with Gasteiger partial charge in [0.05, 0.1) is 11.8 Å². The normalized spacial score (nSPS) is 27.8. The Bertz CT molecular complexity index is 1190. The van der Waals surface area contributed by atoms with Gasteiger partial charge in [0.1, 0.15) is 5.54 Å². The van der Waals surface area contributed by atoms with Gasteiger partial charge in [-0.05, 0) is 37.0 Å². The molecule has 4 atom stereocenters. The average molecular weight is 447 g/mol. The van der Waals surface area contributed by atoms with Gasteiger partial charge in [0, 0.05) is 30.3 Å². The fourth-order valence-electron chi connectivity index (χ4n) is 5.68. The molecule has 2 aromatic carbocycles. The number of nitrogens with zero attached hydrogens (tertiary/aromatic N) is 1. The zero-order valence-electron chi connectivity index (χ0n) is 18.6. The van der Waals surface area contributed by atoms with Gasteiger partial charge in [-0.2, -0.15) is 0 Å². The van der Waals surface area contributed by atoms with Gasteiger partial charge in [-0.1, -0.05) is 42.5 Å². The van der Waals surface area contributed by atoms with Crippen molar-refractivity contribution in [2.45, 2.75) is 38.3 Å². The zero-order chi connectivity index (χ0) is 23.5. The van der Waals surface area contributed by atoms with Gasteiger partial charge in [0.2, 0.25) is 23.6 Å². The maximum absolute atomic E-state index is 13.7. The summed E-state index contributed by atoms with van der Waals surface area (Å²) in [5.74, 6) is -3.49. The van der Waals surface area contributed by atoms with Crippen LogP contribution < -0.4 is 16.4 Å². The molecule has 0 unspecified atom stereocenters. The van der Waals surface area contributed by atoms with E-state index in [-0.39, 0.29) is 30.7 Å². The number of aryl methyl sites for hydroxylation is 1. The molecule has 3 aliphatic rings. The third-order valence-corrected chi connectivity index (χ3v) is 7.40. The van der Waals surface area contributed by atoms with Gasteiger partial charge >= 0.3 is 0 Å². The van der Waals surface area contributed by atoms with Crippen molar-refractivity contribution in [3.8, 4) is 0 Å². The van der Waals surface area contributed by atoms with E-state index in [0.717, 1.165) is 16.7 Å². The highest BCUT2D eigenvalue weighted by Gasteiger charge is 2.70. The lowest BCUT2D eigenvalue weighted by atomic mass is 9.76. The Morgan fingerprint density at radius 3 is 2.48 bits per heavy atom. The molecule has 1 spiro atoms.